The maximum atomic E-state index is 5.77. The predicted octanol–water partition coefficient (Wildman–Crippen LogP) is 1.77. The Morgan fingerprint density at radius 1 is 1.22 bits per heavy atom. The molecule has 2 atom stereocenters. The van der Waals surface area contributed by atoms with E-state index in [1.165, 1.54) is 32.4 Å². The topological polar surface area (TPSA) is 53.5 Å². The molecule has 2 fully saturated rings. The van der Waals surface area contributed by atoms with Crippen LogP contribution in [0.2, 0.25) is 0 Å². The molecule has 2 saturated heterocycles. The van der Waals surface area contributed by atoms with Crippen molar-refractivity contribution in [2.75, 3.05) is 50.6 Å². The first kappa shape index (κ1) is 16.5. The van der Waals surface area contributed by atoms with Crippen molar-refractivity contribution in [3.63, 3.8) is 0 Å². The second kappa shape index (κ2) is 7.45. The van der Waals surface area contributed by atoms with Crippen molar-refractivity contribution in [3.05, 3.63) is 11.8 Å². The van der Waals surface area contributed by atoms with Crippen LogP contribution in [0.3, 0.4) is 0 Å². The summed E-state index contributed by atoms with van der Waals surface area (Å²) in [5.41, 5.74) is 1.07. The molecule has 3 rings (SSSR count). The Morgan fingerprint density at radius 2 is 2.00 bits per heavy atom. The third-order valence-electron chi connectivity index (χ3n) is 4.77. The summed E-state index contributed by atoms with van der Waals surface area (Å²) in [6.07, 6.45) is 4.89. The Labute approximate surface area is 139 Å². The monoisotopic (exact) mass is 319 g/mol. The van der Waals surface area contributed by atoms with E-state index in [0.717, 1.165) is 37.1 Å². The van der Waals surface area contributed by atoms with Gasteiger partial charge in [0.2, 0.25) is 5.95 Å². The summed E-state index contributed by atoms with van der Waals surface area (Å²) in [5.74, 6) is 1.68. The number of likely N-dealkylation sites (tertiary alicyclic amines) is 1. The molecule has 2 aliphatic rings. The Hall–Kier alpha value is -1.40. The van der Waals surface area contributed by atoms with Gasteiger partial charge in [-0.05, 0) is 32.4 Å². The van der Waals surface area contributed by atoms with Gasteiger partial charge in [0, 0.05) is 25.9 Å². The average Bonchev–Trinajstić information content (AvgIpc) is 3.03. The number of hydrogen-bond acceptors (Lipinski definition) is 6. The van der Waals surface area contributed by atoms with E-state index in [0.29, 0.717) is 12.1 Å². The van der Waals surface area contributed by atoms with Crippen molar-refractivity contribution < 1.29 is 4.74 Å². The smallest absolute Gasteiger partial charge is 0.226 e. The van der Waals surface area contributed by atoms with Crippen LogP contribution in [-0.4, -0.2) is 67.4 Å². The normalized spacial score (nSPS) is 25.5. The lowest BCUT2D eigenvalue weighted by Gasteiger charge is -2.34. The molecule has 1 N–H and O–H groups in total. The fourth-order valence-corrected chi connectivity index (χ4v) is 3.42. The summed E-state index contributed by atoms with van der Waals surface area (Å²) >= 11 is 0. The minimum Gasteiger partial charge on any atom is -0.378 e. The molecule has 23 heavy (non-hydrogen) atoms. The van der Waals surface area contributed by atoms with Gasteiger partial charge >= 0.3 is 0 Å². The maximum Gasteiger partial charge on any atom is 0.226 e. The summed E-state index contributed by atoms with van der Waals surface area (Å²) in [5, 5.41) is 3.61. The van der Waals surface area contributed by atoms with Crippen molar-refractivity contribution in [1.82, 2.24) is 14.9 Å². The minimum absolute atomic E-state index is 0.308. The Kier molecular flexibility index (Phi) is 5.33. The number of ether oxygens (including phenoxy) is 1. The van der Waals surface area contributed by atoms with E-state index < -0.39 is 0 Å². The lowest BCUT2D eigenvalue weighted by Crippen LogP contribution is -2.48. The number of nitrogens with one attached hydrogen (secondary N) is 1. The van der Waals surface area contributed by atoms with Gasteiger partial charge < -0.3 is 15.0 Å². The summed E-state index contributed by atoms with van der Waals surface area (Å²) in [4.78, 5) is 13.8. The van der Waals surface area contributed by atoms with E-state index in [4.69, 9.17) is 4.74 Å². The number of hydrogen-bond donors (Lipinski definition) is 1. The maximum absolute atomic E-state index is 5.77. The van der Waals surface area contributed by atoms with Gasteiger partial charge in [-0.2, -0.15) is 4.98 Å². The molecular weight excluding hydrogens is 290 g/mol. The Bertz CT molecular complexity index is 516. The molecule has 0 unspecified atom stereocenters. The van der Waals surface area contributed by atoms with Crippen molar-refractivity contribution in [3.8, 4) is 0 Å². The quantitative estimate of drug-likeness (QED) is 0.893. The molecule has 1 aromatic heterocycles. The van der Waals surface area contributed by atoms with Gasteiger partial charge in [-0.1, -0.05) is 13.3 Å². The summed E-state index contributed by atoms with van der Waals surface area (Å²) < 4.78 is 5.77. The predicted molar refractivity (Wildman–Crippen MR) is 93.2 cm³/mol. The second-order valence-corrected chi connectivity index (χ2v) is 6.74. The molecule has 0 aliphatic carbocycles. The minimum atomic E-state index is 0.308. The summed E-state index contributed by atoms with van der Waals surface area (Å²) in [6, 6.07) is 2.83. The van der Waals surface area contributed by atoms with Crippen LogP contribution in [0.1, 0.15) is 31.9 Å². The zero-order valence-corrected chi connectivity index (χ0v) is 14.6. The van der Waals surface area contributed by atoms with Crippen LogP contribution in [0.5, 0.6) is 0 Å². The molecular formula is C17H29N5O. The van der Waals surface area contributed by atoms with Gasteiger partial charge in [-0.15, -0.1) is 0 Å². The zero-order chi connectivity index (χ0) is 16.2. The van der Waals surface area contributed by atoms with E-state index in [-0.39, 0.29) is 0 Å². The largest absolute Gasteiger partial charge is 0.378 e. The molecule has 0 saturated carbocycles. The first-order valence-electron chi connectivity index (χ1n) is 8.81. The highest BCUT2D eigenvalue weighted by Gasteiger charge is 2.34. The van der Waals surface area contributed by atoms with Crippen LogP contribution in [0.15, 0.2) is 6.07 Å². The van der Waals surface area contributed by atoms with Gasteiger partial charge in [-0.3, -0.25) is 4.90 Å². The fourth-order valence-electron chi connectivity index (χ4n) is 3.42. The SMILES string of the molecule is CCc1cc(N[C@@H]2COC[C@H]2N2CCCCC2)nc(N(C)C)n1. The second-order valence-electron chi connectivity index (χ2n) is 6.74. The van der Waals surface area contributed by atoms with Gasteiger partial charge in [0.1, 0.15) is 5.82 Å². The Balaban J connectivity index is 1.73. The molecule has 0 radical (unpaired) electrons. The van der Waals surface area contributed by atoms with Crippen molar-refractivity contribution in [1.29, 1.82) is 0 Å². The first-order chi connectivity index (χ1) is 11.2. The van der Waals surface area contributed by atoms with Crippen molar-refractivity contribution >= 4 is 11.8 Å². The summed E-state index contributed by atoms with van der Waals surface area (Å²) in [6.45, 7) is 6.09. The van der Waals surface area contributed by atoms with Gasteiger partial charge in [0.05, 0.1) is 25.3 Å². The van der Waals surface area contributed by atoms with E-state index in [1.54, 1.807) is 0 Å². The highest BCUT2D eigenvalue weighted by Crippen LogP contribution is 2.22. The van der Waals surface area contributed by atoms with Crippen LogP contribution in [0.4, 0.5) is 11.8 Å². The molecule has 0 spiro atoms. The molecule has 3 heterocycles. The van der Waals surface area contributed by atoms with Crippen molar-refractivity contribution in [2.24, 2.45) is 0 Å². The molecule has 0 aromatic carbocycles. The molecule has 1 aromatic rings. The average molecular weight is 319 g/mol. The van der Waals surface area contributed by atoms with Gasteiger partial charge in [0.15, 0.2) is 0 Å². The third-order valence-corrected chi connectivity index (χ3v) is 4.77. The number of aryl methyl sites for hydroxylation is 1. The van der Waals surface area contributed by atoms with Crippen LogP contribution in [-0.2, 0) is 11.2 Å². The Morgan fingerprint density at radius 3 is 2.70 bits per heavy atom. The highest BCUT2D eigenvalue weighted by molar-refractivity contribution is 5.44. The molecule has 6 heteroatoms. The standard InChI is InChI=1S/C17H29N5O/c1-4-13-10-16(20-17(18-13)21(2)3)19-14-11-23-12-15(14)22-8-6-5-7-9-22/h10,14-15H,4-9,11-12H2,1-3H3,(H,18,19,20)/t14-,15-/m1/s1. The number of aromatic nitrogens is 2. The number of rotatable bonds is 5. The van der Waals surface area contributed by atoms with E-state index in [1.807, 2.05) is 19.0 Å². The molecule has 128 valence electrons. The van der Waals surface area contributed by atoms with Crippen LogP contribution in [0, 0.1) is 0 Å². The van der Waals surface area contributed by atoms with Gasteiger partial charge in [-0.25, -0.2) is 4.98 Å². The molecule has 0 amide bonds. The molecule has 0 bridgehead atoms. The number of piperidine rings is 1. The highest BCUT2D eigenvalue weighted by atomic mass is 16.5. The van der Waals surface area contributed by atoms with E-state index >= 15 is 0 Å². The first-order valence-corrected chi connectivity index (χ1v) is 8.81. The van der Waals surface area contributed by atoms with Gasteiger partial charge in [0.25, 0.3) is 0 Å². The van der Waals surface area contributed by atoms with E-state index in [2.05, 4.69) is 33.2 Å². The summed E-state index contributed by atoms with van der Waals surface area (Å²) in [7, 11) is 3.96. The van der Waals surface area contributed by atoms with Crippen molar-refractivity contribution in [2.45, 2.75) is 44.7 Å². The van der Waals surface area contributed by atoms with Crippen LogP contribution >= 0.6 is 0 Å². The lowest BCUT2D eigenvalue weighted by atomic mass is 10.0. The molecule has 2 aliphatic heterocycles. The van der Waals surface area contributed by atoms with Crippen LogP contribution in [0.25, 0.3) is 0 Å². The third kappa shape index (κ3) is 3.93. The zero-order valence-electron chi connectivity index (χ0n) is 14.6. The fraction of sp³-hybridized carbons (Fsp3) is 0.765. The number of anilines is 2. The number of nitrogens with zero attached hydrogens (tertiary/aromatic N) is 4. The molecule has 6 nitrogen and oxygen atoms in total. The van der Waals surface area contributed by atoms with Crippen LogP contribution < -0.4 is 10.2 Å². The van der Waals surface area contributed by atoms with E-state index in [9.17, 15) is 0 Å². The lowest BCUT2D eigenvalue weighted by molar-refractivity contribution is 0.127.